The number of anilines is 2. The third kappa shape index (κ3) is 6.31. The molecule has 2 atom stereocenters. The number of fused-ring (bicyclic) bond motifs is 1. The second-order valence-electron chi connectivity index (χ2n) is 11.4. The van der Waals surface area contributed by atoms with Crippen molar-refractivity contribution in [2.45, 2.75) is 64.2 Å². The van der Waals surface area contributed by atoms with Crippen molar-refractivity contribution in [2.24, 2.45) is 28.6 Å². The first kappa shape index (κ1) is 25.7. The lowest BCUT2D eigenvalue weighted by molar-refractivity contribution is 0.191. The van der Waals surface area contributed by atoms with Crippen LogP contribution >= 0.6 is 12.2 Å². The van der Waals surface area contributed by atoms with Gasteiger partial charge in [-0.3, -0.25) is 10.3 Å². The molecule has 5 rings (SSSR count). The first-order valence-electron chi connectivity index (χ1n) is 14.2. The van der Waals surface area contributed by atoms with E-state index in [4.69, 9.17) is 18.0 Å². The minimum absolute atomic E-state index is 0.110. The van der Waals surface area contributed by atoms with Gasteiger partial charge < -0.3 is 15.5 Å². The molecular formula is C28H43FN6S. The Labute approximate surface area is 221 Å². The summed E-state index contributed by atoms with van der Waals surface area (Å²) in [6.07, 6.45) is 15.2. The summed E-state index contributed by atoms with van der Waals surface area (Å²) in [7, 11) is 0. The monoisotopic (exact) mass is 514 g/mol. The average Bonchev–Trinajstić information content (AvgIpc) is 2.89. The van der Waals surface area contributed by atoms with E-state index in [0.717, 1.165) is 74.0 Å². The summed E-state index contributed by atoms with van der Waals surface area (Å²) in [6.45, 7) is 7.07. The Morgan fingerprint density at radius 3 is 2.39 bits per heavy atom. The zero-order valence-corrected chi connectivity index (χ0v) is 22.5. The molecule has 4 fully saturated rings. The third-order valence-corrected chi connectivity index (χ3v) is 9.15. The first-order chi connectivity index (χ1) is 17.6. The highest BCUT2D eigenvalue weighted by atomic mass is 32.1. The lowest BCUT2D eigenvalue weighted by Crippen LogP contribution is -2.48. The molecule has 0 unspecified atom stereocenters. The maximum Gasteiger partial charge on any atom is 0.184 e. The molecule has 6 nitrogen and oxygen atoms in total. The molecule has 1 aromatic rings. The zero-order valence-electron chi connectivity index (χ0n) is 21.6. The number of rotatable bonds is 6. The SMILES string of the molecule is NC(=S)NN=Cc1cc(F)c(N2CCN(CC3CCCCC3)CC2)cc1N1CC[C@@H]2CCCC[C@@H]2C1. The van der Waals surface area contributed by atoms with Crippen LogP contribution in [0.1, 0.15) is 69.8 Å². The molecule has 0 aromatic heterocycles. The van der Waals surface area contributed by atoms with E-state index >= 15 is 4.39 Å². The zero-order chi connectivity index (χ0) is 24.9. The van der Waals surface area contributed by atoms with Crippen LogP contribution in [0.4, 0.5) is 15.8 Å². The second kappa shape index (κ2) is 12.1. The molecule has 4 aliphatic rings. The fraction of sp³-hybridized carbons (Fsp3) is 0.714. The van der Waals surface area contributed by atoms with E-state index in [1.54, 1.807) is 12.3 Å². The van der Waals surface area contributed by atoms with Gasteiger partial charge in [0, 0.05) is 57.1 Å². The average molecular weight is 515 g/mol. The molecule has 2 saturated carbocycles. The minimum Gasteiger partial charge on any atom is -0.375 e. The predicted molar refractivity (Wildman–Crippen MR) is 151 cm³/mol. The molecule has 2 aliphatic carbocycles. The van der Waals surface area contributed by atoms with Gasteiger partial charge in [-0.1, -0.05) is 38.5 Å². The van der Waals surface area contributed by atoms with Gasteiger partial charge >= 0.3 is 0 Å². The summed E-state index contributed by atoms with van der Waals surface area (Å²) in [4.78, 5) is 7.32. The number of benzene rings is 1. The Bertz CT molecular complexity index is 925. The van der Waals surface area contributed by atoms with Crippen LogP contribution in [0.3, 0.4) is 0 Å². The van der Waals surface area contributed by atoms with Gasteiger partial charge in [0.15, 0.2) is 5.11 Å². The molecule has 0 radical (unpaired) electrons. The molecule has 2 aliphatic heterocycles. The van der Waals surface area contributed by atoms with Crippen LogP contribution in [-0.2, 0) is 0 Å². The molecule has 36 heavy (non-hydrogen) atoms. The quantitative estimate of drug-likeness (QED) is 0.326. The van der Waals surface area contributed by atoms with Crippen molar-refractivity contribution in [1.82, 2.24) is 10.3 Å². The maximum atomic E-state index is 15.5. The molecular weight excluding hydrogens is 471 g/mol. The van der Waals surface area contributed by atoms with Gasteiger partial charge in [-0.15, -0.1) is 0 Å². The lowest BCUT2D eigenvalue weighted by atomic mass is 9.75. The standard InChI is InChI=1S/C28H43FN6S/c29-25-16-24(18-31-32-28(30)36)26(35-11-10-22-8-4-5-9-23(22)20-35)17-27(25)34-14-12-33(13-15-34)19-21-6-2-1-3-7-21/h16-18,21-23H,1-15,19-20H2,(H3,30,32,36)/t22-,23+/m0/s1. The van der Waals surface area contributed by atoms with Crippen LogP contribution in [0.2, 0.25) is 0 Å². The molecule has 0 bridgehead atoms. The predicted octanol–water partition coefficient (Wildman–Crippen LogP) is 4.71. The largest absolute Gasteiger partial charge is 0.375 e. The Balaban J connectivity index is 1.32. The topological polar surface area (TPSA) is 60.1 Å². The highest BCUT2D eigenvalue weighted by molar-refractivity contribution is 7.80. The van der Waals surface area contributed by atoms with E-state index in [-0.39, 0.29) is 10.9 Å². The van der Waals surface area contributed by atoms with E-state index in [2.05, 4.69) is 31.3 Å². The third-order valence-electron chi connectivity index (χ3n) is 9.06. The van der Waals surface area contributed by atoms with Crippen molar-refractivity contribution in [1.29, 1.82) is 0 Å². The number of nitrogens with zero attached hydrogens (tertiary/aromatic N) is 4. The Hall–Kier alpha value is -1.93. The highest BCUT2D eigenvalue weighted by Gasteiger charge is 2.32. The van der Waals surface area contributed by atoms with Gasteiger partial charge in [0.2, 0.25) is 0 Å². The van der Waals surface area contributed by atoms with Crippen LogP contribution in [-0.4, -0.2) is 62.0 Å². The fourth-order valence-corrected chi connectivity index (χ4v) is 7.13. The van der Waals surface area contributed by atoms with Crippen molar-refractivity contribution in [3.63, 3.8) is 0 Å². The minimum atomic E-state index is -0.177. The molecule has 198 valence electrons. The number of piperidine rings is 1. The summed E-state index contributed by atoms with van der Waals surface area (Å²) < 4.78 is 15.5. The number of hydrazone groups is 1. The smallest absolute Gasteiger partial charge is 0.184 e. The molecule has 0 spiro atoms. The maximum absolute atomic E-state index is 15.5. The Morgan fingerprint density at radius 1 is 0.917 bits per heavy atom. The van der Waals surface area contributed by atoms with Crippen LogP contribution < -0.4 is 21.0 Å². The summed E-state index contributed by atoms with van der Waals surface area (Å²) in [5.74, 6) is 2.26. The van der Waals surface area contributed by atoms with Gasteiger partial charge in [-0.2, -0.15) is 5.10 Å². The van der Waals surface area contributed by atoms with Crippen LogP contribution in [0, 0.1) is 23.6 Å². The van der Waals surface area contributed by atoms with E-state index in [0.29, 0.717) is 0 Å². The molecule has 8 heteroatoms. The van der Waals surface area contributed by atoms with Gasteiger partial charge in [-0.05, 0) is 67.8 Å². The number of thiocarbonyl (C=S) groups is 1. The second-order valence-corrected chi connectivity index (χ2v) is 11.9. The Kier molecular flexibility index (Phi) is 8.62. The van der Waals surface area contributed by atoms with Crippen molar-refractivity contribution in [3.8, 4) is 0 Å². The van der Waals surface area contributed by atoms with Crippen molar-refractivity contribution >= 4 is 34.9 Å². The van der Waals surface area contributed by atoms with E-state index in [1.165, 1.54) is 70.8 Å². The van der Waals surface area contributed by atoms with Crippen molar-refractivity contribution in [3.05, 3.63) is 23.5 Å². The number of nitrogens with one attached hydrogen (secondary N) is 1. The number of nitrogens with two attached hydrogens (primary N) is 1. The van der Waals surface area contributed by atoms with Crippen molar-refractivity contribution in [2.75, 3.05) is 55.6 Å². The number of hydrogen-bond acceptors (Lipinski definition) is 5. The number of hydrogen-bond donors (Lipinski definition) is 2. The van der Waals surface area contributed by atoms with Crippen molar-refractivity contribution < 1.29 is 4.39 Å². The van der Waals surface area contributed by atoms with E-state index < -0.39 is 0 Å². The van der Waals surface area contributed by atoms with E-state index in [1.807, 2.05) is 0 Å². The van der Waals surface area contributed by atoms with E-state index in [9.17, 15) is 0 Å². The molecule has 3 N–H and O–H groups in total. The van der Waals surface area contributed by atoms with Crippen LogP contribution in [0.25, 0.3) is 0 Å². The normalized spacial score (nSPS) is 26.2. The van der Waals surface area contributed by atoms with Crippen LogP contribution in [0.5, 0.6) is 0 Å². The molecule has 2 saturated heterocycles. The highest BCUT2D eigenvalue weighted by Crippen LogP contribution is 2.39. The number of piperazine rings is 1. The summed E-state index contributed by atoms with van der Waals surface area (Å²) >= 11 is 4.88. The van der Waals surface area contributed by atoms with Gasteiger partial charge in [0.25, 0.3) is 0 Å². The summed E-state index contributed by atoms with van der Waals surface area (Å²) in [5, 5.41) is 4.28. The van der Waals surface area contributed by atoms with Gasteiger partial charge in [0.1, 0.15) is 5.82 Å². The lowest BCUT2D eigenvalue weighted by Gasteiger charge is -2.43. The Morgan fingerprint density at radius 2 is 1.64 bits per heavy atom. The summed E-state index contributed by atoms with van der Waals surface area (Å²) in [6, 6.07) is 3.73. The molecule has 0 amide bonds. The molecule has 1 aromatic carbocycles. The van der Waals surface area contributed by atoms with Gasteiger partial charge in [-0.25, -0.2) is 4.39 Å². The number of halogens is 1. The van der Waals surface area contributed by atoms with Gasteiger partial charge in [0.05, 0.1) is 11.9 Å². The summed E-state index contributed by atoms with van der Waals surface area (Å²) in [5.41, 5.74) is 10.8. The molecule has 2 heterocycles. The fourth-order valence-electron chi connectivity index (χ4n) is 7.08. The van der Waals surface area contributed by atoms with Crippen LogP contribution in [0.15, 0.2) is 17.2 Å². The first-order valence-corrected chi connectivity index (χ1v) is 14.6.